The molecule has 0 aliphatic rings. The fourth-order valence-electron chi connectivity index (χ4n) is 2.77. The minimum absolute atomic E-state index is 0.281. The highest BCUT2D eigenvalue weighted by Crippen LogP contribution is 2.29. The molecule has 0 spiro atoms. The zero-order chi connectivity index (χ0) is 16.5. The fourth-order valence-corrected chi connectivity index (χ4v) is 2.77. The Bertz CT molecular complexity index is 1130. The van der Waals surface area contributed by atoms with Crippen LogP contribution in [-0.4, -0.2) is 15.0 Å². The predicted octanol–water partition coefficient (Wildman–Crippen LogP) is 2.95. The van der Waals surface area contributed by atoms with Crippen LogP contribution in [0.2, 0.25) is 0 Å². The minimum Gasteiger partial charge on any atom is -0.291 e. The van der Waals surface area contributed by atoms with Crippen molar-refractivity contribution in [1.82, 2.24) is 15.0 Å². The molecule has 2 N–H and O–H groups in total. The lowest BCUT2D eigenvalue weighted by Gasteiger charge is -2.09. The summed E-state index contributed by atoms with van der Waals surface area (Å²) in [4.78, 5) is 33.4. The van der Waals surface area contributed by atoms with Gasteiger partial charge in [-0.25, -0.2) is 9.78 Å². The van der Waals surface area contributed by atoms with Gasteiger partial charge in [-0.3, -0.25) is 14.8 Å². The van der Waals surface area contributed by atoms with Crippen molar-refractivity contribution in [3.63, 3.8) is 0 Å². The Morgan fingerprint density at radius 1 is 0.750 bits per heavy atom. The Balaban J connectivity index is 2.12. The Morgan fingerprint density at radius 3 is 2.04 bits per heavy atom. The first-order valence-electron chi connectivity index (χ1n) is 7.50. The van der Waals surface area contributed by atoms with Gasteiger partial charge in [0.2, 0.25) is 0 Å². The molecule has 0 saturated carbocycles. The third-order valence-electron chi connectivity index (χ3n) is 3.86. The fraction of sp³-hybridized carbons (Fsp3) is 0. The summed E-state index contributed by atoms with van der Waals surface area (Å²) in [5, 5.41) is 0.375. The van der Waals surface area contributed by atoms with Crippen molar-refractivity contribution in [3.05, 3.63) is 87.6 Å². The average Bonchev–Trinajstić information content (AvgIpc) is 2.62. The molecule has 2 heterocycles. The summed E-state index contributed by atoms with van der Waals surface area (Å²) < 4.78 is 0. The second-order valence-electron chi connectivity index (χ2n) is 5.42. The number of pyridine rings is 1. The molecule has 0 amide bonds. The first-order valence-corrected chi connectivity index (χ1v) is 7.50. The van der Waals surface area contributed by atoms with Crippen molar-refractivity contribution < 1.29 is 0 Å². The molecule has 0 radical (unpaired) electrons. The molecule has 0 saturated heterocycles. The van der Waals surface area contributed by atoms with E-state index in [0.29, 0.717) is 11.1 Å². The molecule has 0 bridgehead atoms. The Kier molecular flexibility index (Phi) is 3.31. The molecule has 4 rings (SSSR count). The number of aromatic amines is 2. The summed E-state index contributed by atoms with van der Waals surface area (Å²) in [5.74, 6) is 0. The highest BCUT2D eigenvalue weighted by molar-refractivity contribution is 5.94. The molecule has 5 nitrogen and oxygen atoms in total. The number of benzene rings is 2. The van der Waals surface area contributed by atoms with Gasteiger partial charge in [-0.1, -0.05) is 60.7 Å². The third-order valence-corrected chi connectivity index (χ3v) is 3.86. The molecule has 24 heavy (non-hydrogen) atoms. The molecule has 5 heteroatoms. The van der Waals surface area contributed by atoms with Gasteiger partial charge in [0.05, 0.1) is 11.1 Å². The quantitative estimate of drug-likeness (QED) is 0.597. The standard InChI is InChI=1S/C19H13N3O2/c23-18-16-14(12-7-3-1-4-8-12)11-15(13-9-5-2-6-10-13)20-17(16)21-19(24)22-18/h1-11H,(H2,20,21,22,23,24). The lowest BCUT2D eigenvalue weighted by molar-refractivity contribution is 1.06. The summed E-state index contributed by atoms with van der Waals surface area (Å²) in [6, 6.07) is 21.1. The Labute approximate surface area is 136 Å². The molecule has 0 unspecified atom stereocenters. The summed E-state index contributed by atoms with van der Waals surface area (Å²) in [6.07, 6.45) is 0. The molecule has 0 aliphatic heterocycles. The summed E-state index contributed by atoms with van der Waals surface area (Å²) in [6.45, 7) is 0. The normalized spacial score (nSPS) is 10.8. The van der Waals surface area contributed by atoms with Crippen LogP contribution in [0, 0.1) is 0 Å². The van der Waals surface area contributed by atoms with Crippen LogP contribution in [0.1, 0.15) is 0 Å². The van der Waals surface area contributed by atoms with Crippen LogP contribution < -0.4 is 11.2 Å². The van der Waals surface area contributed by atoms with Crippen molar-refractivity contribution in [3.8, 4) is 22.4 Å². The smallest absolute Gasteiger partial charge is 0.291 e. The highest BCUT2D eigenvalue weighted by atomic mass is 16.2. The van der Waals surface area contributed by atoms with Crippen LogP contribution in [0.4, 0.5) is 0 Å². The molecule has 0 fully saturated rings. The van der Waals surface area contributed by atoms with Crippen LogP contribution >= 0.6 is 0 Å². The van der Waals surface area contributed by atoms with E-state index >= 15 is 0 Å². The molecule has 4 aromatic rings. The van der Waals surface area contributed by atoms with Gasteiger partial charge in [-0.15, -0.1) is 0 Å². The average molecular weight is 315 g/mol. The molecule has 2 aromatic heterocycles. The molecule has 0 aliphatic carbocycles. The van der Waals surface area contributed by atoms with Gasteiger partial charge < -0.3 is 0 Å². The molecular weight excluding hydrogens is 302 g/mol. The van der Waals surface area contributed by atoms with Crippen molar-refractivity contribution in [2.75, 3.05) is 0 Å². The van der Waals surface area contributed by atoms with Gasteiger partial charge in [0.15, 0.2) is 0 Å². The number of hydrogen-bond donors (Lipinski definition) is 2. The van der Waals surface area contributed by atoms with E-state index in [1.165, 1.54) is 0 Å². The monoisotopic (exact) mass is 315 g/mol. The van der Waals surface area contributed by atoms with Crippen molar-refractivity contribution in [1.29, 1.82) is 0 Å². The molecular formula is C19H13N3O2. The van der Waals surface area contributed by atoms with E-state index in [1.54, 1.807) is 0 Å². The maximum atomic E-state index is 12.3. The summed E-state index contributed by atoms with van der Waals surface area (Å²) in [7, 11) is 0. The Morgan fingerprint density at radius 2 is 1.38 bits per heavy atom. The SMILES string of the molecule is O=c1[nH]c(=O)c2c(-c3ccccc3)cc(-c3ccccc3)nc2[nH]1. The predicted molar refractivity (Wildman–Crippen MR) is 93.9 cm³/mol. The topological polar surface area (TPSA) is 78.6 Å². The largest absolute Gasteiger partial charge is 0.327 e. The van der Waals surface area contributed by atoms with E-state index in [0.717, 1.165) is 16.7 Å². The van der Waals surface area contributed by atoms with Crippen LogP contribution in [0.15, 0.2) is 76.3 Å². The van der Waals surface area contributed by atoms with Gasteiger partial charge >= 0.3 is 5.69 Å². The van der Waals surface area contributed by atoms with Crippen molar-refractivity contribution in [2.24, 2.45) is 0 Å². The first kappa shape index (κ1) is 14.1. The van der Waals surface area contributed by atoms with Crippen LogP contribution in [-0.2, 0) is 0 Å². The number of hydrogen-bond acceptors (Lipinski definition) is 3. The minimum atomic E-state index is -0.566. The van der Waals surface area contributed by atoms with Crippen LogP contribution in [0.5, 0.6) is 0 Å². The number of fused-ring (bicyclic) bond motifs is 1. The van der Waals surface area contributed by atoms with Gasteiger partial charge in [0.25, 0.3) is 5.56 Å². The van der Waals surface area contributed by atoms with E-state index in [4.69, 9.17) is 0 Å². The second kappa shape index (κ2) is 5.62. The van der Waals surface area contributed by atoms with Crippen LogP contribution in [0.25, 0.3) is 33.4 Å². The van der Waals surface area contributed by atoms with E-state index in [1.807, 2.05) is 66.7 Å². The number of aromatic nitrogens is 3. The zero-order valence-corrected chi connectivity index (χ0v) is 12.6. The number of nitrogens with zero attached hydrogens (tertiary/aromatic N) is 1. The van der Waals surface area contributed by atoms with Crippen molar-refractivity contribution in [2.45, 2.75) is 0 Å². The number of H-pyrrole nitrogens is 2. The first-order chi connectivity index (χ1) is 11.7. The number of nitrogens with one attached hydrogen (secondary N) is 2. The van der Waals surface area contributed by atoms with Gasteiger partial charge in [-0.2, -0.15) is 0 Å². The molecule has 0 atom stereocenters. The lowest BCUT2D eigenvalue weighted by atomic mass is 10.0. The molecule has 2 aromatic carbocycles. The zero-order valence-electron chi connectivity index (χ0n) is 12.6. The summed E-state index contributed by atoms with van der Waals surface area (Å²) in [5.41, 5.74) is 2.50. The van der Waals surface area contributed by atoms with E-state index < -0.39 is 11.2 Å². The van der Waals surface area contributed by atoms with Crippen molar-refractivity contribution >= 4 is 11.0 Å². The second-order valence-corrected chi connectivity index (χ2v) is 5.42. The third kappa shape index (κ3) is 2.42. The summed E-state index contributed by atoms with van der Waals surface area (Å²) >= 11 is 0. The van der Waals surface area contributed by atoms with Crippen LogP contribution in [0.3, 0.4) is 0 Å². The molecule has 116 valence electrons. The Hall–Kier alpha value is -3.47. The van der Waals surface area contributed by atoms with Gasteiger partial charge in [0, 0.05) is 11.1 Å². The maximum Gasteiger partial charge on any atom is 0.327 e. The lowest BCUT2D eigenvalue weighted by Crippen LogP contribution is -2.23. The maximum absolute atomic E-state index is 12.3. The van der Waals surface area contributed by atoms with E-state index in [2.05, 4.69) is 15.0 Å². The highest BCUT2D eigenvalue weighted by Gasteiger charge is 2.13. The van der Waals surface area contributed by atoms with E-state index in [9.17, 15) is 9.59 Å². The van der Waals surface area contributed by atoms with E-state index in [-0.39, 0.29) is 5.65 Å². The van der Waals surface area contributed by atoms with Gasteiger partial charge in [0.1, 0.15) is 5.65 Å². The number of rotatable bonds is 2. The van der Waals surface area contributed by atoms with Gasteiger partial charge in [-0.05, 0) is 11.6 Å².